The van der Waals surface area contributed by atoms with Crippen molar-refractivity contribution >= 4 is 11.9 Å². The SMILES string of the molecule is Cc1ccc(C2(c3ccc(C)cc3)C(=O)O[C@@H]2c2ccc([C@@H]3OC(=O)C3(c3ccc(C)cc3)c3ccc(C)cc3)cc2)cc1. The van der Waals surface area contributed by atoms with Crippen molar-refractivity contribution in [1.29, 1.82) is 0 Å². The standard InChI is InChI=1S/C40H34O4/c1-25-5-17-31(18-6-25)39(32-19-7-26(2)8-20-32)35(43-37(39)41)29-13-15-30(16-14-29)36-40(38(42)44-36,33-21-9-27(3)10-22-33)34-23-11-28(4)12-24-34/h5-24,35-36H,1-4H3/t35-,36+. The highest BCUT2D eigenvalue weighted by molar-refractivity contribution is 5.95. The molecule has 4 nitrogen and oxygen atoms in total. The zero-order chi connectivity index (χ0) is 30.6. The summed E-state index contributed by atoms with van der Waals surface area (Å²) < 4.78 is 11.9. The molecule has 5 aromatic rings. The van der Waals surface area contributed by atoms with Crippen LogP contribution in [-0.2, 0) is 29.9 Å². The monoisotopic (exact) mass is 578 g/mol. The molecule has 2 heterocycles. The van der Waals surface area contributed by atoms with Crippen LogP contribution in [0.2, 0.25) is 0 Å². The van der Waals surface area contributed by atoms with Crippen LogP contribution < -0.4 is 0 Å². The van der Waals surface area contributed by atoms with Gasteiger partial charge in [0.05, 0.1) is 0 Å². The van der Waals surface area contributed by atoms with E-state index in [9.17, 15) is 9.59 Å². The van der Waals surface area contributed by atoms with Gasteiger partial charge in [-0.1, -0.05) is 144 Å². The summed E-state index contributed by atoms with van der Waals surface area (Å²) in [4.78, 5) is 27.1. The van der Waals surface area contributed by atoms with Crippen LogP contribution in [0.5, 0.6) is 0 Å². The highest BCUT2D eigenvalue weighted by Gasteiger charge is 2.62. The lowest BCUT2D eigenvalue weighted by Crippen LogP contribution is -2.55. The van der Waals surface area contributed by atoms with Crippen molar-refractivity contribution in [3.8, 4) is 0 Å². The van der Waals surface area contributed by atoms with E-state index in [0.29, 0.717) is 0 Å². The minimum atomic E-state index is -0.959. The van der Waals surface area contributed by atoms with E-state index in [1.807, 2.05) is 149 Å². The van der Waals surface area contributed by atoms with Crippen molar-refractivity contribution in [2.24, 2.45) is 0 Å². The molecule has 0 amide bonds. The molecule has 0 aliphatic carbocycles. The Hall–Kier alpha value is -4.96. The summed E-state index contributed by atoms with van der Waals surface area (Å²) in [7, 11) is 0. The van der Waals surface area contributed by atoms with E-state index in [1.54, 1.807) is 0 Å². The Kier molecular flexibility index (Phi) is 6.55. The molecule has 2 fully saturated rings. The molecule has 218 valence electrons. The Balaban J connectivity index is 1.30. The normalized spacial score (nSPS) is 19.7. The van der Waals surface area contributed by atoms with E-state index in [-0.39, 0.29) is 11.9 Å². The predicted molar refractivity (Wildman–Crippen MR) is 170 cm³/mol. The van der Waals surface area contributed by atoms with E-state index < -0.39 is 23.0 Å². The Morgan fingerprint density at radius 1 is 0.386 bits per heavy atom. The lowest BCUT2D eigenvalue weighted by atomic mass is 9.63. The molecule has 0 radical (unpaired) electrons. The van der Waals surface area contributed by atoms with E-state index in [0.717, 1.165) is 55.6 Å². The number of aryl methyl sites for hydroxylation is 4. The topological polar surface area (TPSA) is 52.6 Å². The molecule has 0 aromatic heterocycles. The van der Waals surface area contributed by atoms with Gasteiger partial charge in [-0.15, -0.1) is 0 Å². The van der Waals surface area contributed by atoms with Crippen LogP contribution in [0.1, 0.15) is 67.8 Å². The largest absolute Gasteiger partial charge is 0.454 e. The Bertz CT molecular complexity index is 1620. The van der Waals surface area contributed by atoms with Crippen molar-refractivity contribution in [2.45, 2.75) is 50.7 Å². The van der Waals surface area contributed by atoms with Gasteiger partial charge in [0.1, 0.15) is 0 Å². The van der Waals surface area contributed by atoms with Crippen LogP contribution in [-0.4, -0.2) is 11.9 Å². The molecule has 4 heteroatoms. The van der Waals surface area contributed by atoms with Gasteiger partial charge < -0.3 is 9.47 Å². The number of cyclic esters (lactones) is 2. The fraction of sp³-hybridized carbons (Fsp3) is 0.200. The minimum absolute atomic E-state index is 0.259. The van der Waals surface area contributed by atoms with Crippen LogP contribution in [0.25, 0.3) is 0 Å². The number of ether oxygens (including phenoxy) is 2. The molecule has 0 spiro atoms. The molecule has 7 rings (SSSR count). The van der Waals surface area contributed by atoms with Crippen LogP contribution >= 0.6 is 0 Å². The maximum Gasteiger partial charge on any atom is 0.325 e. The molecular formula is C40H34O4. The quantitative estimate of drug-likeness (QED) is 0.191. The van der Waals surface area contributed by atoms with Gasteiger partial charge in [-0.05, 0) is 61.1 Å². The first kappa shape index (κ1) is 27.8. The first-order chi connectivity index (χ1) is 21.2. The van der Waals surface area contributed by atoms with Gasteiger partial charge in [0.25, 0.3) is 0 Å². The van der Waals surface area contributed by atoms with Crippen molar-refractivity contribution in [3.63, 3.8) is 0 Å². The van der Waals surface area contributed by atoms with Crippen LogP contribution in [0.3, 0.4) is 0 Å². The lowest BCUT2D eigenvalue weighted by molar-refractivity contribution is -0.188. The van der Waals surface area contributed by atoms with Gasteiger partial charge in [-0.2, -0.15) is 0 Å². The van der Waals surface area contributed by atoms with Gasteiger partial charge in [-0.25, -0.2) is 0 Å². The third-order valence-corrected chi connectivity index (χ3v) is 9.45. The molecule has 0 saturated carbocycles. The summed E-state index contributed by atoms with van der Waals surface area (Å²) in [6, 6.07) is 40.6. The van der Waals surface area contributed by atoms with Gasteiger partial charge in [0.2, 0.25) is 0 Å². The summed E-state index contributed by atoms with van der Waals surface area (Å²) in [5.41, 5.74) is 7.98. The smallest absolute Gasteiger partial charge is 0.325 e. The first-order valence-electron chi connectivity index (χ1n) is 15.0. The second-order valence-corrected chi connectivity index (χ2v) is 12.3. The molecule has 5 aromatic carbocycles. The molecule has 2 saturated heterocycles. The molecule has 2 aliphatic rings. The highest BCUT2D eigenvalue weighted by atomic mass is 16.6. The second kappa shape index (κ2) is 10.3. The molecule has 44 heavy (non-hydrogen) atoms. The molecule has 0 unspecified atom stereocenters. The van der Waals surface area contributed by atoms with E-state index >= 15 is 0 Å². The number of carbonyl (C=O) groups is 2. The fourth-order valence-corrected chi connectivity index (χ4v) is 6.83. The minimum Gasteiger partial charge on any atom is -0.454 e. The second-order valence-electron chi connectivity index (χ2n) is 12.3. The number of hydrogen-bond acceptors (Lipinski definition) is 4. The summed E-state index contributed by atoms with van der Waals surface area (Å²) in [5.74, 6) is -0.519. The van der Waals surface area contributed by atoms with Gasteiger partial charge in [-0.3, -0.25) is 9.59 Å². The van der Waals surface area contributed by atoms with Gasteiger partial charge >= 0.3 is 11.9 Å². The number of esters is 2. The number of hydrogen-bond donors (Lipinski definition) is 0. The van der Waals surface area contributed by atoms with E-state index in [1.165, 1.54) is 0 Å². The average Bonchev–Trinajstić information content (AvgIpc) is 3.03. The van der Waals surface area contributed by atoms with Crippen molar-refractivity contribution in [1.82, 2.24) is 0 Å². The Morgan fingerprint density at radius 2 is 0.614 bits per heavy atom. The number of benzene rings is 5. The average molecular weight is 579 g/mol. The third kappa shape index (κ3) is 4.05. The summed E-state index contributed by atoms with van der Waals surface area (Å²) in [6.07, 6.45) is -1.00. The number of carbonyl (C=O) groups excluding carboxylic acids is 2. The Labute approximate surface area is 258 Å². The predicted octanol–water partition coefficient (Wildman–Crippen LogP) is 8.09. The van der Waals surface area contributed by atoms with E-state index in [2.05, 4.69) is 0 Å². The third-order valence-electron chi connectivity index (χ3n) is 9.45. The molecule has 0 bridgehead atoms. The van der Waals surface area contributed by atoms with Gasteiger partial charge in [0.15, 0.2) is 23.0 Å². The molecule has 0 N–H and O–H groups in total. The summed E-state index contributed by atoms with van der Waals surface area (Å²) in [5, 5.41) is 0. The maximum atomic E-state index is 13.5. The lowest BCUT2D eigenvalue weighted by Gasteiger charge is -2.49. The van der Waals surface area contributed by atoms with E-state index in [4.69, 9.17) is 9.47 Å². The zero-order valence-corrected chi connectivity index (χ0v) is 25.3. The Morgan fingerprint density at radius 3 is 0.818 bits per heavy atom. The zero-order valence-electron chi connectivity index (χ0n) is 25.3. The van der Waals surface area contributed by atoms with Crippen LogP contribution in [0.15, 0.2) is 121 Å². The summed E-state index contributed by atoms with van der Waals surface area (Å²) >= 11 is 0. The fourth-order valence-electron chi connectivity index (χ4n) is 6.83. The molecule has 2 atom stereocenters. The first-order valence-corrected chi connectivity index (χ1v) is 15.0. The summed E-state index contributed by atoms with van der Waals surface area (Å²) in [6.45, 7) is 8.16. The van der Waals surface area contributed by atoms with Crippen LogP contribution in [0.4, 0.5) is 0 Å². The maximum absolute atomic E-state index is 13.5. The molecule has 2 aliphatic heterocycles. The van der Waals surface area contributed by atoms with Crippen molar-refractivity contribution < 1.29 is 19.1 Å². The molecular weight excluding hydrogens is 544 g/mol. The van der Waals surface area contributed by atoms with Crippen LogP contribution in [0, 0.1) is 27.7 Å². The van der Waals surface area contributed by atoms with Crippen molar-refractivity contribution in [2.75, 3.05) is 0 Å². The number of rotatable bonds is 6. The highest BCUT2D eigenvalue weighted by Crippen LogP contribution is 2.56. The van der Waals surface area contributed by atoms with Crippen molar-refractivity contribution in [3.05, 3.63) is 177 Å². The van der Waals surface area contributed by atoms with Gasteiger partial charge in [0, 0.05) is 0 Å².